The fourth-order valence-electron chi connectivity index (χ4n) is 1.13. The van der Waals surface area contributed by atoms with E-state index in [1.807, 2.05) is 0 Å². The van der Waals surface area contributed by atoms with Gasteiger partial charge in [-0.2, -0.15) is 0 Å². The van der Waals surface area contributed by atoms with Crippen LogP contribution in [0.1, 0.15) is 6.92 Å². The van der Waals surface area contributed by atoms with Gasteiger partial charge in [0.05, 0.1) is 39.6 Å². The Morgan fingerprint density at radius 2 is 1.50 bits per heavy atom. The zero-order chi connectivity index (χ0) is 16.6. The number of esters is 1. The summed E-state index contributed by atoms with van der Waals surface area (Å²) in [5, 5.41) is 2.44. The molecule has 8 heteroatoms. The summed E-state index contributed by atoms with van der Waals surface area (Å²) in [5.41, 5.74) is 0.311. The molecule has 0 spiro atoms. The van der Waals surface area contributed by atoms with Gasteiger partial charge in [-0.3, -0.25) is 0 Å². The molecule has 0 fully saturated rings. The highest BCUT2D eigenvalue weighted by molar-refractivity contribution is 5.86. The first-order valence-corrected chi connectivity index (χ1v) is 6.95. The van der Waals surface area contributed by atoms with Gasteiger partial charge in [0, 0.05) is 12.7 Å². The van der Waals surface area contributed by atoms with Gasteiger partial charge in [-0.25, -0.2) is 9.59 Å². The number of ether oxygens (including phenoxy) is 5. The van der Waals surface area contributed by atoms with Crippen molar-refractivity contribution in [2.24, 2.45) is 0 Å². The topological polar surface area (TPSA) is 92.3 Å². The minimum Gasteiger partial charge on any atom is -0.460 e. The number of hydrogen-bond acceptors (Lipinski definition) is 7. The van der Waals surface area contributed by atoms with E-state index in [1.165, 1.54) is 0 Å². The second-order valence-corrected chi connectivity index (χ2v) is 4.20. The highest BCUT2D eigenvalue weighted by Crippen LogP contribution is 1.90. The van der Waals surface area contributed by atoms with Gasteiger partial charge in [-0.15, -0.1) is 0 Å². The number of hydrogen-bond donors (Lipinski definition) is 1. The quantitative estimate of drug-likeness (QED) is 0.300. The molecule has 0 aromatic carbocycles. The van der Waals surface area contributed by atoms with Gasteiger partial charge in [0.25, 0.3) is 0 Å². The number of carbonyl (C=O) groups excluding carboxylic acids is 2. The monoisotopic (exact) mass is 319 g/mol. The number of amides is 1. The molecule has 0 saturated heterocycles. The number of alkyl carbamates (subject to hydrolysis) is 1. The Morgan fingerprint density at radius 3 is 2.09 bits per heavy atom. The minimum atomic E-state index is -0.591. The van der Waals surface area contributed by atoms with Crippen molar-refractivity contribution in [1.29, 1.82) is 0 Å². The first-order valence-electron chi connectivity index (χ1n) is 6.95. The summed E-state index contributed by atoms with van der Waals surface area (Å²) in [6, 6.07) is 0. The Labute approximate surface area is 130 Å². The van der Waals surface area contributed by atoms with Crippen molar-refractivity contribution in [3.05, 3.63) is 12.2 Å². The van der Waals surface area contributed by atoms with Gasteiger partial charge in [-0.1, -0.05) is 6.58 Å². The molecule has 8 nitrogen and oxygen atoms in total. The molecule has 22 heavy (non-hydrogen) atoms. The molecule has 0 atom stereocenters. The molecule has 128 valence electrons. The third kappa shape index (κ3) is 13.3. The van der Waals surface area contributed by atoms with E-state index < -0.39 is 12.1 Å². The molecule has 0 heterocycles. The van der Waals surface area contributed by atoms with Crippen LogP contribution in [0.2, 0.25) is 0 Å². The largest absolute Gasteiger partial charge is 0.460 e. The van der Waals surface area contributed by atoms with Crippen molar-refractivity contribution in [1.82, 2.24) is 5.32 Å². The molecule has 0 unspecified atom stereocenters. The maximum atomic E-state index is 11.2. The Kier molecular flexibility index (Phi) is 13.2. The lowest BCUT2D eigenvalue weighted by atomic mass is 10.4. The second kappa shape index (κ2) is 14.3. The molecule has 0 aliphatic heterocycles. The van der Waals surface area contributed by atoms with Crippen molar-refractivity contribution in [3.63, 3.8) is 0 Å². The fourth-order valence-corrected chi connectivity index (χ4v) is 1.13. The van der Waals surface area contributed by atoms with Gasteiger partial charge in [0.1, 0.15) is 13.2 Å². The van der Waals surface area contributed by atoms with Gasteiger partial charge < -0.3 is 29.0 Å². The van der Waals surface area contributed by atoms with E-state index in [0.29, 0.717) is 32.0 Å². The van der Waals surface area contributed by atoms with Gasteiger partial charge >= 0.3 is 12.1 Å². The lowest BCUT2D eigenvalue weighted by Gasteiger charge is -2.08. The maximum Gasteiger partial charge on any atom is 0.407 e. The molecular weight excluding hydrogens is 294 g/mol. The second-order valence-electron chi connectivity index (χ2n) is 4.20. The summed E-state index contributed by atoms with van der Waals surface area (Å²) in [4.78, 5) is 22.3. The molecule has 0 saturated carbocycles. The molecule has 1 N–H and O–H groups in total. The Hall–Kier alpha value is -1.64. The standard InChI is InChI=1S/C14H25NO7/c1-12(2)13(16)21-5-4-15-14(17)22-11-10-20-9-8-19-7-6-18-3/h1,4-11H2,2-3H3,(H,15,17). The highest BCUT2D eigenvalue weighted by Gasteiger charge is 2.04. The summed E-state index contributed by atoms with van der Waals surface area (Å²) in [7, 11) is 1.60. The van der Waals surface area contributed by atoms with Crippen molar-refractivity contribution in [2.75, 3.05) is 59.9 Å². The van der Waals surface area contributed by atoms with Crippen LogP contribution in [0.3, 0.4) is 0 Å². The van der Waals surface area contributed by atoms with Crippen molar-refractivity contribution in [3.8, 4) is 0 Å². The summed E-state index contributed by atoms with van der Waals surface area (Å²) < 4.78 is 24.8. The van der Waals surface area contributed by atoms with Gasteiger partial charge in [0.15, 0.2) is 0 Å². The fraction of sp³-hybridized carbons (Fsp3) is 0.714. The normalized spacial score (nSPS) is 10.1. The number of nitrogens with one attached hydrogen (secondary N) is 1. The lowest BCUT2D eigenvalue weighted by Crippen LogP contribution is -2.29. The summed E-state index contributed by atoms with van der Waals surface area (Å²) in [6.07, 6.45) is -0.591. The van der Waals surface area contributed by atoms with Gasteiger partial charge in [-0.05, 0) is 6.92 Å². The van der Waals surface area contributed by atoms with Crippen molar-refractivity contribution < 1.29 is 33.3 Å². The number of rotatable bonds is 13. The average molecular weight is 319 g/mol. The van der Waals surface area contributed by atoms with E-state index >= 15 is 0 Å². The van der Waals surface area contributed by atoms with Crippen molar-refractivity contribution >= 4 is 12.1 Å². The first-order chi connectivity index (χ1) is 10.6. The van der Waals surface area contributed by atoms with Gasteiger partial charge in [0.2, 0.25) is 0 Å². The van der Waals surface area contributed by atoms with Crippen LogP contribution < -0.4 is 5.32 Å². The third-order valence-electron chi connectivity index (χ3n) is 2.22. The summed E-state index contributed by atoms with van der Waals surface area (Å²) in [6.45, 7) is 7.60. The average Bonchev–Trinajstić information content (AvgIpc) is 2.49. The van der Waals surface area contributed by atoms with E-state index in [9.17, 15) is 9.59 Å². The van der Waals surface area contributed by atoms with E-state index in [1.54, 1.807) is 14.0 Å². The Bertz CT molecular complexity index is 333. The zero-order valence-corrected chi connectivity index (χ0v) is 13.2. The predicted molar refractivity (Wildman–Crippen MR) is 78.6 cm³/mol. The van der Waals surface area contributed by atoms with Crippen LogP contribution >= 0.6 is 0 Å². The molecule has 0 aromatic heterocycles. The highest BCUT2D eigenvalue weighted by atomic mass is 16.6. The molecule has 0 aliphatic carbocycles. The summed E-state index contributed by atoms with van der Waals surface area (Å²) in [5.74, 6) is -0.490. The SMILES string of the molecule is C=C(C)C(=O)OCCNC(=O)OCCOCCOCCOC. The predicted octanol–water partition coefficient (Wildman–Crippen LogP) is 0.512. The van der Waals surface area contributed by atoms with Crippen molar-refractivity contribution in [2.45, 2.75) is 6.92 Å². The molecule has 0 bridgehead atoms. The van der Waals surface area contributed by atoms with E-state index in [4.69, 9.17) is 23.7 Å². The smallest absolute Gasteiger partial charge is 0.407 e. The zero-order valence-electron chi connectivity index (χ0n) is 13.2. The van der Waals surface area contributed by atoms with Crippen LogP contribution in [0.4, 0.5) is 4.79 Å². The first kappa shape index (κ1) is 20.4. The van der Waals surface area contributed by atoms with Crippen LogP contribution in [0.15, 0.2) is 12.2 Å². The van der Waals surface area contributed by atoms with Crippen LogP contribution in [0.5, 0.6) is 0 Å². The lowest BCUT2D eigenvalue weighted by molar-refractivity contribution is -0.138. The van der Waals surface area contributed by atoms with Crippen LogP contribution in [-0.2, 0) is 28.5 Å². The Morgan fingerprint density at radius 1 is 0.909 bits per heavy atom. The molecule has 0 radical (unpaired) electrons. The molecule has 0 aromatic rings. The van der Waals surface area contributed by atoms with Crippen LogP contribution in [-0.4, -0.2) is 72.0 Å². The molecule has 1 amide bonds. The number of carbonyl (C=O) groups is 2. The maximum absolute atomic E-state index is 11.2. The molecular formula is C14H25NO7. The van der Waals surface area contributed by atoms with E-state index in [2.05, 4.69) is 11.9 Å². The van der Waals surface area contributed by atoms with E-state index in [-0.39, 0.29) is 26.4 Å². The third-order valence-corrected chi connectivity index (χ3v) is 2.22. The molecule has 0 rings (SSSR count). The van der Waals surface area contributed by atoms with E-state index in [0.717, 1.165) is 0 Å². The number of methoxy groups -OCH3 is 1. The molecule has 0 aliphatic rings. The van der Waals surface area contributed by atoms with Crippen LogP contribution in [0.25, 0.3) is 0 Å². The summed E-state index contributed by atoms with van der Waals surface area (Å²) >= 11 is 0. The van der Waals surface area contributed by atoms with Crippen LogP contribution in [0, 0.1) is 0 Å². The minimum absolute atomic E-state index is 0.0656. The Balaban J connectivity index is 3.29.